The van der Waals surface area contributed by atoms with Crippen LogP contribution < -0.4 is 16.0 Å². The van der Waals surface area contributed by atoms with Crippen molar-refractivity contribution in [3.63, 3.8) is 0 Å². The molecule has 2 aromatic rings. The Labute approximate surface area is 178 Å². The fourth-order valence-corrected chi connectivity index (χ4v) is 2.41. The number of halogens is 1. The SMILES string of the molecule is CCCC(=O)Nc1ccc(CN=C(NCC)NCc2ccnn2C)cc1.I. The van der Waals surface area contributed by atoms with Crippen LogP contribution >= 0.6 is 24.0 Å². The molecular weight excluding hydrogens is 455 g/mol. The first kappa shape index (κ1) is 22.9. The molecule has 0 saturated heterocycles. The van der Waals surface area contributed by atoms with Gasteiger partial charge in [0.2, 0.25) is 5.91 Å². The van der Waals surface area contributed by atoms with E-state index in [4.69, 9.17) is 0 Å². The van der Waals surface area contributed by atoms with Crippen LogP contribution in [0.1, 0.15) is 37.9 Å². The molecule has 0 unspecified atom stereocenters. The lowest BCUT2D eigenvalue weighted by Gasteiger charge is -2.11. The highest BCUT2D eigenvalue weighted by molar-refractivity contribution is 14.0. The van der Waals surface area contributed by atoms with Gasteiger partial charge in [-0.3, -0.25) is 9.48 Å². The van der Waals surface area contributed by atoms with Gasteiger partial charge in [0.05, 0.1) is 18.8 Å². The number of aryl methyl sites for hydroxylation is 1. The van der Waals surface area contributed by atoms with E-state index in [0.29, 0.717) is 19.5 Å². The number of amides is 1. The van der Waals surface area contributed by atoms with Crippen LogP contribution in [0.4, 0.5) is 5.69 Å². The quantitative estimate of drug-likeness (QED) is 0.306. The highest BCUT2D eigenvalue weighted by Gasteiger charge is 2.03. The van der Waals surface area contributed by atoms with Gasteiger partial charge in [0.25, 0.3) is 0 Å². The zero-order valence-corrected chi connectivity index (χ0v) is 18.5. The maximum Gasteiger partial charge on any atom is 0.224 e. The average Bonchev–Trinajstić information content (AvgIpc) is 3.04. The van der Waals surface area contributed by atoms with E-state index in [0.717, 1.165) is 35.9 Å². The molecule has 1 amide bonds. The molecule has 0 atom stereocenters. The van der Waals surface area contributed by atoms with Gasteiger partial charge in [0.15, 0.2) is 5.96 Å². The smallest absolute Gasteiger partial charge is 0.224 e. The van der Waals surface area contributed by atoms with E-state index >= 15 is 0 Å². The van der Waals surface area contributed by atoms with Gasteiger partial charge in [0.1, 0.15) is 0 Å². The van der Waals surface area contributed by atoms with Crippen molar-refractivity contribution in [2.24, 2.45) is 12.0 Å². The Kier molecular flexibility index (Phi) is 10.5. The van der Waals surface area contributed by atoms with Crippen molar-refractivity contribution in [1.29, 1.82) is 0 Å². The second-order valence-corrected chi connectivity index (χ2v) is 5.99. The molecule has 2 rings (SSSR count). The first-order chi connectivity index (χ1) is 12.6. The summed E-state index contributed by atoms with van der Waals surface area (Å²) in [5.41, 5.74) is 2.98. The molecule has 148 valence electrons. The number of aromatic nitrogens is 2. The van der Waals surface area contributed by atoms with Crippen molar-refractivity contribution in [3.8, 4) is 0 Å². The summed E-state index contributed by atoms with van der Waals surface area (Å²) in [6.45, 7) is 6.04. The summed E-state index contributed by atoms with van der Waals surface area (Å²) >= 11 is 0. The number of carbonyl (C=O) groups is 1. The number of nitrogens with one attached hydrogen (secondary N) is 3. The lowest BCUT2D eigenvalue weighted by molar-refractivity contribution is -0.116. The first-order valence-corrected chi connectivity index (χ1v) is 9.00. The predicted molar refractivity (Wildman–Crippen MR) is 120 cm³/mol. The number of anilines is 1. The highest BCUT2D eigenvalue weighted by Crippen LogP contribution is 2.11. The van der Waals surface area contributed by atoms with E-state index in [2.05, 4.69) is 26.0 Å². The molecule has 1 heterocycles. The minimum absolute atomic E-state index is 0. The van der Waals surface area contributed by atoms with Gasteiger partial charge >= 0.3 is 0 Å². The molecule has 7 nitrogen and oxygen atoms in total. The fourth-order valence-electron chi connectivity index (χ4n) is 2.41. The molecule has 0 spiro atoms. The number of aliphatic imine (C=N–C) groups is 1. The summed E-state index contributed by atoms with van der Waals surface area (Å²) in [6.07, 6.45) is 3.17. The van der Waals surface area contributed by atoms with Crippen molar-refractivity contribution >= 4 is 41.5 Å². The van der Waals surface area contributed by atoms with Crippen molar-refractivity contribution in [2.75, 3.05) is 11.9 Å². The van der Waals surface area contributed by atoms with E-state index in [1.165, 1.54) is 0 Å². The summed E-state index contributed by atoms with van der Waals surface area (Å²) < 4.78 is 1.84. The monoisotopic (exact) mass is 484 g/mol. The van der Waals surface area contributed by atoms with Crippen LogP contribution in [-0.2, 0) is 24.9 Å². The topological polar surface area (TPSA) is 83.3 Å². The number of carbonyl (C=O) groups excluding carboxylic acids is 1. The second kappa shape index (κ2) is 12.3. The summed E-state index contributed by atoms with van der Waals surface area (Å²) in [7, 11) is 1.92. The Hall–Kier alpha value is -2.10. The third-order valence-corrected chi connectivity index (χ3v) is 3.84. The van der Waals surface area contributed by atoms with Crippen molar-refractivity contribution < 1.29 is 4.79 Å². The third-order valence-electron chi connectivity index (χ3n) is 3.84. The summed E-state index contributed by atoms with van der Waals surface area (Å²) in [6, 6.07) is 9.76. The Morgan fingerprint density at radius 1 is 1.15 bits per heavy atom. The number of benzene rings is 1. The first-order valence-electron chi connectivity index (χ1n) is 9.00. The third kappa shape index (κ3) is 7.98. The molecule has 0 aliphatic rings. The van der Waals surface area contributed by atoms with Gasteiger partial charge in [0, 0.05) is 31.9 Å². The lowest BCUT2D eigenvalue weighted by atomic mass is 10.2. The second-order valence-electron chi connectivity index (χ2n) is 5.99. The maximum absolute atomic E-state index is 11.6. The zero-order valence-electron chi connectivity index (χ0n) is 16.2. The van der Waals surface area contributed by atoms with Crippen molar-refractivity contribution in [2.45, 2.75) is 39.8 Å². The average molecular weight is 484 g/mol. The van der Waals surface area contributed by atoms with Crippen LogP contribution in [0.3, 0.4) is 0 Å². The molecule has 3 N–H and O–H groups in total. The lowest BCUT2D eigenvalue weighted by Crippen LogP contribution is -2.37. The number of hydrogen-bond acceptors (Lipinski definition) is 3. The molecule has 27 heavy (non-hydrogen) atoms. The number of nitrogens with zero attached hydrogens (tertiary/aromatic N) is 3. The predicted octanol–water partition coefficient (Wildman–Crippen LogP) is 3.03. The van der Waals surface area contributed by atoms with Crippen molar-refractivity contribution in [1.82, 2.24) is 20.4 Å². The number of guanidine groups is 1. The van der Waals surface area contributed by atoms with E-state index in [9.17, 15) is 4.79 Å². The Bertz CT molecular complexity index is 726. The Morgan fingerprint density at radius 3 is 2.48 bits per heavy atom. The summed E-state index contributed by atoms with van der Waals surface area (Å²) in [5, 5.41) is 13.6. The van der Waals surface area contributed by atoms with Crippen LogP contribution in [0, 0.1) is 0 Å². The normalized spacial score (nSPS) is 10.9. The maximum atomic E-state index is 11.6. The number of hydrogen-bond donors (Lipinski definition) is 3. The van der Waals surface area contributed by atoms with Crippen molar-refractivity contribution in [3.05, 3.63) is 47.8 Å². The molecule has 0 bridgehead atoms. The molecule has 0 fully saturated rings. The molecule has 8 heteroatoms. The summed E-state index contributed by atoms with van der Waals surface area (Å²) in [4.78, 5) is 16.2. The minimum atomic E-state index is 0. The van der Waals surface area contributed by atoms with Gasteiger partial charge in [-0.05, 0) is 37.1 Å². The van der Waals surface area contributed by atoms with E-state index in [1.807, 2.05) is 55.9 Å². The number of rotatable bonds is 8. The zero-order chi connectivity index (χ0) is 18.8. The highest BCUT2D eigenvalue weighted by atomic mass is 127. The molecule has 1 aromatic heterocycles. The minimum Gasteiger partial charge on any atom is -0.357 e. The van der Waals surface area contributed by atoms with Gasteiger partial charge in [-0.1, -0.05) is 19.1 Å². The Balaban J connectivity index is 0.00000364. The largest absolute Gasteiger partial charge is 0.357 e. The van der Waals surface area contributed by atoms with Crippen LogP contribution in [0.15, 0.2) is 41.5 Å². The van der Waals surface area contributed by atoms with Crippen LogP contribution in [0.5, 0.6) is 0 Å². The van der Waals surface area contributed by atoms with Crippen LogP contribution in [0.2, 0.25) is 0 Å². The summed E-state index contributed by atoms with van der Waals surface area (Å²) in [5.74, 6) is 0.807. The van der Waals surface area contributed by atoms with E-state index in [1.54, 1.807) is 6.20 Å². The molecular formula is C19H29IN6O. The van der Waals surface area contributed by atoms with Gasteiger partial charge in [-0.15, -0.1) is 24.0 Å². The Morgan fingerprint density at radius 2 is 1.89 bits per heavy atom. The molecule has 1 aromatic carbocycles. The van der Waals surface area contributed by atoms with E-state index < -0.39 is 0 Å². The van der Waals surface area contributed by atoms with Gasteiger partial charge < -0.3 is 16.0 Å². The van der Waals surface area contributed by atoms with Crippen LogP contribution in [0.25, 0.3) is 0 Å². The van der Waals surface area contributed by atoms with Gasteiger partial charge in [-0.25, -0.2) is 4.99 Å². The fraction of sp³-hybridized carbons (Fsp3) is 0.421. The molecule has 0 radical (unpaired) electrons. The van der Waals surface area contributed by atoms with Crippen LogP contribution in [-0.4, -0.2) is 28.2 Å². The molecule has 0 aliphatic carbocycles. The van der Waals surface area contributed by atoms with Gasteiger partial charge in [-0.2, -0.15) is 5.10 Å². The molecule has 0 saturated carbocycles. The standard InChI is InChI=1S/C19H28N6O.HI/c1-4-6-18(26)24-16-9-7-15(8-10-16)13-21-19(20-5-2)22-14-17-11-12-23-25(17)3;/h7-12H,4-6,13-14H2,1-3H3,(H,24,26)(H2,20,21,22);1H. The molecule has 0 aliphatic heterocycles. The van der Waals surface area contributed by atoms with E-state index in [-0.39, 0.29) is 29.9 Å².